The molecule has 0 saturated heterocycles. The van der Waals surface area contributed by atoms with Crippen LogP contribution in [-0.4, -0.2) is 108 Å². The van der Waals surface area contributed by atoms with Gasteiger partial charge in [-0.15, -0.1) is 0 Å². The van der Waals surface area contributed by atoms with Crippen LogP contribution in [0.25, 0.3) is 0 Å². The van der Waals surface area contributed by atoms with Crippen molar-refractivity contribution in [1.82, 2.24) is 0 Å². The molecule has 1 aliphatic carbocycles. The standard InChI is InChI=1S/C47H87O19P3/c1-3-5-7-9-11-13-15-17-19-20-22-23-25-27-29-31-33-35-40(48)61-37-39(63-41(49)36-34-32-30-28-26-24-21-18-16-14-12-10-8-6-4-2)38-62-69(59,60)66-45-42(50)43(51)46(64-67(53,54)55)47(44(45)52)65-68(56,57)58/h12,14,17-19,21,39,42-47,50-52H,3-11,13,15-16,20,22-38H2,1-2H3,(H,59,60)(H2,53,54,55)(H2,56,57,58)/b14-12-,19-17-,21-18-/t39-,42?,43?,44?,45+,46?,47+/m1/s1. The summed E-state index contributed by atoms with van der Waals surface area (Å²) in [6.07, 6.45) is 24.3. The number of carbonyl (C=O) groups is 2. The van der Waals surface area contributed by atoms with Gasteiger partial charge in [-0.1, -0.05) is 147 Å². The summed E-state index contributed by atoms with van der Waals surface area (Å²) in [4.78, 5) is 73.3. The maximum atomic E-state index is 13.1. The molecule has 5 unspecified atom stereocenters. The minimum absolute atomic E-state index is 0.0185. The molecule has 8 N–H and O–H groups in total. The first kappa shape index (κ1) is 65.4. The number of hydrogen-bond donors (Lipinski definition) is 8. The zero-order valence-corrected chi connectivity index (χ0v) is 43.8. The van der Waals surface area contributed by atoms with Gasteiger partial charge in [0.2, 0.25) is 0 Å². The molecule has 1 fully saturated rings. The molecule has 0 aromatic carbocycles. The zero-order chi connectivity index (χ0) is 51.4. The number of rotatable bonds is 43. The third-order valence-corrected chi connectivity index (χ3v) is 13.4. The molecule has 1 rings (SSSR count). The molecular formula is C47H87O19P3. The molecular weight excluding hydrogens is 961 g/mol. The van der Waals surface area contributed by atoms with Gasteiger partial charge in [-0.05, 0) is 70.6 Å². The highest BCUT2D eigenvalue weighted by atomic mass is 31.2. The Bertz CT molecular complexity index is 1580. The van der Waals surface area contributed by atoms with Gasteiger partial charge in [0.25, 0.3) is 0 Å². The molecule has 404 valence electrons. The summed E-state index contributed by atoms with van der Waals surface area (Å²) in [6, 6.07) is 0. The number of allylic oxidation sites excluding steroid dienone is 6. The number of aliphatic hydroxyl groups excluding tert-OH is 3. The number of ether oxygens (including phenoxy) is 2. The van der Waals surface area contributed by atoms with Crippen LogP contribution in [0.2, 0.25) is 0 Å². The second-order valence-electron chi connectivity index (χ2n) is 17.7. The molecule has 22 heteroatoms. The lowest BCUT2D eigenvalue weighted by atomic mass is 9.85. The monoisotopic (exact) mass is 1050 g/mol. The average Bonchev–Trinajstić information content (AvgIpc) is 3.28. The lowest BCUT2D eigenvalue weighted by Gasteiger charge is -2.44. The summed E-state index contributed by atoms with van der Waals surface area (Å²) in [5.41, 5.74) is 0. The Morgan fingerprint density at radius 1 is 0.464 bits per heavy atom. The van der Waals surface area contributed by atoms with Gasteiger partial charge in [0.15, 0.2) is 6.10 Å². The van der Waals surface area contributed by atoms with Gasteiger partial charge < -0.3 is 49.3 Å². The van der Waals surface area contributed by atoms with E-state index in [2.05, 4.69) is 59.4 Å². The van der Waals surface area contributed by atoms with E-state index in [0.29, 0.717) is 12.8 Å². The van der Waals surface area contributed by atoms with Crippen molar-refractivity contribution >= 4 is 35.4 Å². The van der Waals surface area contributed by atoms with Crippen LogP contribution in [0, 0.1) is 0 Å². The SMILES string of the molecule is CCCCC/C=C\C/C=C\CCCCCCCC(=O)O[C@H](COC(=O)CCCCCCCCC/C=C\CCCCCCCC)COP(=O)(O)O[C@H]1C(O)C(O)C(OP(=O)(O)O)[C@@H](OP(=O)(O)O)C1O. The molecule has 8 atom stereocenters. The summed E-state index contributed by atoms with van der Waals surface area (Å²) in [5.74, 6) is -1.32. The number of phosphoric acid groups is 3. The number of phosphoric ester groups is 3. The molecule has 0 spiro atoms. The van der Waals surface area contributed by atoms with Gasteiger partial charge in [-0.2, -0.15) is 0 Å². The van der Waals surface area contributed by atoms with Crippen molar-refractivity contribution in [3.05, 3.63) is 36.5 Å². The first-order valence-corrected chi connectivity index (χ1v) is 29.8. The first-order chi connectivity index (χ1) is 32.8. The maximum absolute atomic E-state index is 13.1. The smallest absolute Gasteiger partial charge is 0.462 e. The van der Waals surface area contributed by atoms with Crippen LogP contribution < -0.4 is 0 Å². The summed E-state index contributed by atoms with van der Waals surface area (Å²) < 4.78 is 65.5. The van der Waals surface area contributed by atoms with Crippen molar-refractivity contribution in [2.24, 2.45) is 0 Å². The highest BCUT2D eigenvalue weighted by Crippen LogP contribution is 2.51. The highest BCUT2D eigenvalue weighted by Gasteiger charge is 2.56. The number of hydrogen-bond acceptors (Lipinski definition) is 14. The minimum atomic E-state index is -5.60. The van der Waals surface area contributed by atoms with E-state index < -0.39 is 91.3 Å². The summed E-state index contributed by atoms with van der Waals surface area (Å²) in [7, 11) is -16.6. The van der Waals surface area contributed by atoms with Crippen molar-refractivity contribution in [2.45, 2.75) is 236 Å². The van der Waals surface area contributed by atoms with Gasteiger partial charge in [-0.25, -0.2) is 13.7 Å². The van der Waals surface area contributed by atoms with Gasteiger partial charge >= 0.3 is 35.4 Å². The Balaban J connectivity index is 2.71. The summed E-state index contributed by atoms with van der Waals surface area (Å²) >= 11 is 0. The van der Waals surface area contributed by atoms with E-state index in [1.54, 1.807) is 0 Å². The van der Waals surface area contributed by atoms with Crippen molar-refractivity contribution in [1.29, 1.82) is 0 Å². The summed E-state index contributed by atoms with van der Waals surface area (Å²) in [6.45, 7) is 2.91. The Labute approximate surface area is 410 Å². The van der Waals surface area contributed by atoms with Crippen LogP contribution in [0.3, 0.4) is 0 Å². The van der Waals surface area contributed by atoms with E-state index in [-0.39, 0.29) is 12.8 Å². The number of esters is 2. The van der Waals surface area contributed by atoms with E-state index in [1.165, 1.54) is 57.8 Å². The van der Waals surface area contributed by atoms with Crippen LogP contribution in [0.4, 0.5) is 0 Å². The van der Waals surface area contributed by atoms with Crippen LogP contribution >= 0.6 is 23.5 Å². The van der Waals surface area contributed by atoms with Crippen LogP contribution in [0.1, 0.15) is 194 Å². The van der Waals surface area contributed by atoms with Crippen LogP contribution in [0.15, 0.2) is 36.5 Å². The Morgan fingerprint density at radius 3 is 1.32 bits per heavy atom. The topological polar surface area (TPSA) is 303 Å². The second-order valence-corrected chi connectivity index (χ2v) is 21.5. The minimum Gasteiger partial charge on any atom is -0.462 e. The van der Waals surface area contributed by atoms with Gasteiger partial charge in [0.05, 0.1) is 6.61 Å². The molecule has 0 aromatic rings. The molecule has 0 radical (unpaired) electrons. The van der Waals surface area contributed by atoms with Gasteiger partial charge in [0.1, 0.15) is 43.2 Å². The molecule has 0 amide bonds. The van der Waals surface area contributed by atoms with Crippen molar-refractivity contribution in [2.75, 3.05) is 13.2 Å². The first-order valence-electron chi connectivity index (χ1n) is 25.3. The average molecular weight is 1050 g/mol. The molecule has 0 bridgehead atoms. The maximum Gasteiger partial charge on any atom is 0.472 e. The number of unbranched alkanes of at least 4 members (excludes halogenated alkanes) is 21. The number of carbonyl (C=O) groups excluding carboxylic acids is 2. The predicted octanol–water partition coefficient (Wildman–Crippen LogP) is 9.63. The second kappa shape index (κ2) is 38.9. The van der Waals surface area contributed by atoms with Crippen molar-refractivity contribution in [3.8, 4) is 0 Å². The number of aliphatic hydroxyl groups is 3. The highest BCUT2D eigenvalue weighted by molar-refractivity contribution is 7.47. The zero-order valence-electron chi connectivity index (χ0n) is 41.1. The largest absolute Gasteiger partial charge is 0.472 e. The van der Waals surface area contributed by atoms with Gasteiger partial charge in [-0.3, -0.25) is 27.7 Å². The quantitative estimate of drug-likeness (QED) is 0.0122. The van der Waals surface area contributed by atoms with E-state index in [4.69, 9.17) is 18.5 Å². The molecule has 1 aliphatic rings. The lowest BCUT2D eigenvalue weighted by Crippen LogP contribution is -2.65. The van der Waals surface area contributed by atoms with Crippen LogP contribution in [0.5, 0.6) is 0 Å². The van der Waals surface area contributed by atoms with E-state index in [1.807, 2.05) is 0 Å². The fourth-order valence-corrected chi connectivity index (χ4v) is 9.70. The van der Waals surface area contributed by atoms with E-state index in [0.717, 1.165) is 96.3 Å². The normalized spacial score (nSPS) is 21.6. The van der Waals surface area contributed by atoms with Crippen molar-refractivity contribution < 1.29 is 90.6 Å². The fourth-order valence-electron chi connectivity index (χ4n) is 7.61. The summed E-state index contributed by atoms with van der Waals surface area (Å²) in [5, 5.41) is 31.9. The van der Waals surface area contributed by atoms with Crippen molar-refractivity contribution in [3.63, 3.8) is 0 Å². The van der Waals surface area contributed by atoms with E-state index >= 15 is 0 Å². The molecule has 19 nitrogen and oxygen atoms in total. The third kappa shape index (κ3) is 35.2. The molecule has 0 aromatic heterocycles. The Morgan fingerprint density at radius 2 is 0.841 bits per heavy atom. The van der Waals surface area contributed by atoms with Gasteiger partial charge in [0, 0.05) is 12.8 Å². The predicted molar refractivity (Wildman–Crippen MR) is 261 cm³/mol. The Kier molecular flexibility index (Phi) is 36.9. The van der Waals surface area contributed by atoms with Crippen LogP contribution in [-0.2, 0) is 50.9 Å². The lowest BCUT2D eigenvalue weighted by molar-refractivity contribution is -0.213. The molecule has 1 saturated carbocycles. The third-order valence-electron chi connectivity index (χ3n) is 11.4. The molecule has 0 aliphatic heterocycles. The van der Waals surface area contributed by atoms with E-state index in [9.17, 15) is 63.1 Å². The molecule has 0 heterocycles. The molecule has 69 heavy (non-hydrogen) atoms. The fraction of sp³-hybridized carbons (Fsp3) is 0.830. The Hall–Kier alpha value is -1.63.